The van der Waals surface area contributed by atoms with Gasteiger partial charge in [0.25, 0.3) is 11.8 Å². The van der Waals surface area contributed by atoms with Crippen LogP contribution >= 0.6 is 0 Å². The molecule has 32 heavy (non-hydrogen) atoms. The molecule has 2 heterocycles. The summed E-state index contributed by atoms with van der Waals surface area (Å²) in [5.41, 5.74) is 3.60. The minimum atomic E-state index is -0.301. The maximum absolute atomic E-state index is 12.0. The molecule has 9 heteroatoms. The number of nitriles is 1. The van der Waals surface area contributed by atoms with Crippen molar-refractivity contribution in [2.75, 3.05) is 36.5 Å². The minimum Gasteiger partial charge on any atom is -0.370 e. The Labute approximate surface area is 184 Å². The van der Waals surface area contributed by atoms with E-state index in [4.69, 9.17) is 10.00 Å². The van der Waals surface area contributed by atoms with Crippen molar-refractivity contribution in [3.8, 4) is 17.3 Å². The fraction of sp³-hybridized carbons (Fsp3) is 0.174. The Morgan fingerprint density at radius 2 is 1.91 bits per heavy atom. The molecular formula is C23H20N6O3. The molecule has 1 fully saturated rings. The number of nitrogens with zero attached hydrogens (tertiary/aromatic N) is 4. The highest BCUT2D eigenvalue weighted by atomic mass is 16.5. The number of hydrogen-bond donors (Lipinski definition) is 2. The van der Waals surface area contributed by atoms with Gasteiger partial charge in [0.2, 0.25) is 5.95 Å². The molecule has 1 aliphatic heterocycles. The summed E-state index contributed by atoms with van der Waals surface area (Å²) >= 11 is 0. The highest BCUT2D eigenvalue weighted by molar-refractivity contribution is 5.95. The summed E-state index contributed by atoms with van der Waals surface area (Å²) in [7, 11) is 0. The van der Waals surface area contributed by atoms with E-state index in [9.17, 15) is 9.59 Å². The Kier molecular flexibility index (Phi) is 6.34. The van der Waals surface area contributed by atoms with E-state index >= 15 is 0 Å². The lowest BCUT2D eigenvalue weighted by atomic mass is 10.1. The predicted molar refractivity (Wildman–Crippen MR) is 118 cm³/mol. The first-order valence-corrected chi connectivity index (χ1v) is 9.98. The van der Waals surface area contributed by atoms with Crippen LogP contribution in [-0.4, -0.2) is 48.1 Å². The third-order valence-electron chi connectivity index (χ3n) is 4.85. The van der Waals surface area contributed by atoms with Crippen LogP contribution in [0, 0.1) is 11.3 Å². The molecule has 1 aliphatic rings. The van der Waals surface area contributed by atoms with Gasteiger partial charge in [-0.2, -0.15) is 5.26 Å². The van der Waals surface area contributed by atoms with Crippen molar-refractivity contribution in [1.29, 1.82) is 5.26 Å². The summed E-state index contributed by atoms with van der Waals surface area (Å²) in [5, 5.41) is 14.2. The van der Waals surface area contributed by atoms with Crippen molar-refractivity contribution in [1.82, 2.24) is 15.3 Å². The van der Waals surface area contributed by atoms with Crippen LogP contribution in [0.25, 0.3) is 11.3 Å². The number of anilines is 3. The highest BCUT2D eigenvalue weighted by Crippen LogP contribution is 2.23. The summed E-state index contributed by atoms with van der Waals surface area (Å²) in [6.45, 7) is 1.13. The first-order chi connectivity index (χ1) is 15.6. The monoisotopic (exact) mass is 428 g/mol. The van der Waals surface area contributed by atoms with Gasteiger partial charge in [0.15, 0.2) is 0 Å². The first-order valence-electron chi connectivity index (χ1n) is 9.98. The zero-order valence-corrected chi connectivity index (χ0v) is 17.1. The van der Waals surface area contributed by atoms with Gasteiger partial charge in [0.1, 0.15) is 13.2 Å². The molecule has 0 unspecified atom stereocenters. The van der Waals surface area contributed by atoms with Crippen molar-refractivity contribution in [2.24, 2.45) is 0 Å². The fourth-order valence-corrected chi connectivity index (χ4v) is 3.24. The number of benzene rings is 2. The minimum absolute atomic E-state index is 0.0365. The van der Waals surface area contributed by atoms with Crippen molar-refractivity contribution in [3.63, 3.8) is 0 Å². The van der Waals surface area contributed by atoms with Crippen molar-refractivity contribution in [3.05, 3.63) is 66.4 Å². The number of hydrogen-bond acceptors (Lipinski definition) is 7. The average Bonchev–Trinajstić information content (AvgIpc) is 2.84. The Bertz CT molecular complexity index is 1160. The standard InChI is InChI=1S/C23H20N6O3/c24-10-12-25-22(31)17-3-1-16(2-4-17)20-9-11-26-23(28-20)27-18-5-7-19(8-6-18)29-13-14-32-15-21(29)30/h1-9,11H,12-15H2,(H,25,31)(H,26,27,28). The normalized spacial score (nSPS) is 13.3. The van der Waals surface area contributed by atoms with Crippen LogP contribution in [-0.2, 0) is 9.53 Å². The van der Waals surface area contributed by atoms with E-state index in [1.54, 1.807) is 41.4 Å². The number of nitrogens with one attached hydrogen (secondary N) is 2. The molecular weight excluding hydrogens is 408 g/mol. The molecule has 1 aromatic heterocycles. The number of rotatable bonds is 6. The van der Waals surface area contributed by atoms with E-state index in [-0.39, 0.29) is 25.0 Å². The highest BCUT2D eigenvalue weighted by Gasteiger charge is 2.19. The summed E-state index contributed by atoms with van der Waals surface area (Å²) in [5.74, 6) is 0.0699. The van der Waals surface area contributed by atoms with Gasteiger partial charge >= 0.3 is 0 Å². The molecule has 0 radical (unpaired) electrons. The lowest BCUT2D eigenvalue weighted by Gasteiger charge is -2.26. The van der Waals surface area contributed by atoms with Gasteiger partial charge in [0, 0.05) is 35.2 Å². The molecule has 0 bridgehead atoms. The second-order valence-electron chi connectivity index (χ2n) is 6.95. The molecule has 4 rings (SSSR count). The molecule has 160 valence electrons. The lowest BCUT2D eigenvalue weighted by molar-refractivity contribution is -0.125. The zero-order chi connectivity index (χ0) is 22.3. The van der Waals surface area contributed by atoms with E-state index < -0.39 is 0 Å². The number of ether oxygens (including phenoxy) is 1. The molecule has 9 nitrogen and oxygen atoms in total. The molecule has 2 aromatic carbocycles. The number of aromatic nitrogens is 2. The molecule has 0 saturated carbocycles. The van der Waals surface area contributed by atoms with Gasteiger partial charge < -0.3 is 20.3 Å². The second kappa shape index (κ2) is 9.68. The molecule has 2 amide bonds. The van der Waals surface area contributed by atoms with Crippen LogP contribution in [0.5, 0.6) is 0 Å². The molecule has 0 spiro atoms. The Hall–Kier alpha value is -4.29. The van der Waals surface area contributed by atoms with Crippen molar-refractivity contribution in [2.45, 2.75) is 0 Å². The number of carbonyl (C=O) groups excluding carboxylic acids is 2. The van der Waals surface area contributed by atoms with Crippen LogP contribution < -0.4 is 15.5 Å². The number of carbonyl (C=O) groups is 2. The van der Waals surface area contributed by atoms with Crippen molar-refractivity contribution < 1.29 is 14.3 Å². The summed E-state index contributed by atoms with van der Waals surface area (Å²) in [6, 6.07) is 18.1. The van der Waals surface area contributed by atoms with E-state index in [0.717, 1.165) is 16.9 Å². The fourth-order valence-electron chi connectivity index (χ4n) is 3.24. The van der Waals surface area contributed by atoms with Gasteiger partial charge in [-0.15, -0.1) is 0 Å². The zero-order valence-electron chi connectivity index (χ0n) is 17.1. The Morgan fingerprint density at radius 3 is 2.62 bits per heavy atom. The largest absolute Gasteiger partial charge is 0.370 e. The summed E-state index contributed by atoms with van der Waals surface area (Å²) in [6.07, 6.45) is 1.65. The third kappa shape index (κ3) is 4.88. The van der Waals surface area contributed by atoms with Crippen LogP contribution in [0.4, 0.5) is 17.3 Å². The Balaban J connectivity index is 1.45. The predicted octanol–water partition coefficient (Wildman–Crippen LogP) is 2.50. The molecule has 0 aliphatic carbocycles. The van der Waals surface area contributed by atoms with Gasteiger partial charge in [-0.25, -0.2) is 9.97 Å². The van der Waals surface area contributed by atoms with E-state index in [2.05, 4.69) is 20.6 Å². The maximum Gasteiger partial charge on any atom is 0.253 e. The van der Waals surface area contributed by atoms with Crippen LogP contribution in [0.2, 0.25) is 0 Å². The number of morpholine rings is 1. The topological polar surface area (TPSA) is 120 Å². The van der Waals surface area contributed by atoms with Crippen LogP contribution in [0.15, 0.2) is 60.8 Å². The molecule has 2 N–H and O–H groups in total. The van der Waals surface area contributed by atoms with E-state index in [1.807, 2.05) is 30.3 Å². The van der Waals surface area contributed by atoms with E-state index in [0.29, 0.717) is 30.4 Å². The van der Waals surface area contributed by atoms with Gasteiger partial charge in [-0.1, -0.05) is 12.1 Å². The SMILES string of the molecule is N#CCNC(=O)c1ccc(-c2ccnc(Nc3ccc(N4CCOCC4=O)cc3)n2)cc1. The van der Waals surface area contributed by atoms with Crippen LogP contribution in [0.3, 0.4) is 0 Å². The third-order valence-corrected chi connectivity index (χ3v) is 4.85. The average molecular weight is 428 g/mol. The van der Waals surface area contributed by atoms with Gasteiger partial charge in [0.05, 0.1) is 18.4 Å². The van der Waals surface area contributed by atoms with Gasteiger partial charge in [-0.3, -0.25) is 9.59 Å². The first kappa shape index (κ1) is 21.0. The van der Waals surface area contributed by atoms with Crippen LogP contribution in [0.1, 0.15) is 10.4 Å². The molecule has 1 saturated heterocycles. The molecule has 3 aromatic rings. The second-order valence-corrected chi connectivity index (χ2v) is 6.95. The summed E-state index contributed by atoms with van der Waals surface area (Å²) < 4.78 is 5.17. The molecule has 0 atom stereocenters. The lowest BCUT2D eigenvalue weighted by Crippen LogP contribution is -2.41. The number of amides is 2. The van der Waals surface area contributed by atoms with E-state index in [1.165, 1.54) is 0 Å². The maximum atomic E-state index is 12.0. The van der Waals surface area contributed by atoms with Crippen molar-refractivity contribution >= 4 is 29.1 Å². The quantitative estimate of drug-likeness (QED) is 0.579. The summed E-state index contributed by atoms with van der Waals surface area (Å²) in [4.78, 5) is 34.4. The smallest absolute Gasteiger partial charge is 0.253 e. The Morgan fingerprint density at radius 1 is 1.12 bits per heavy atom. The van der Waals surface area contributed by atoms with Gasteiger partial charge in [-0.05, 0) is 42.5 Å².